The number of aryl methyl sites for hydroxylation is 2. The summed E-state index contributed by atoms with van der Waals surface area (Å²) in [7, 11) is 0. The number of anilines is 1. The third-order valence-electron chi connectivity index (χ3n) is 2.79. The largest absolute Gasteiger partial charge is 0.370 e. The first-order chi connectivity index (χ1) is 8.72. The molecular weight excluding hydrogens is 222 g/mol. The lowest BCUT2D eigenvalue weighted by molar-refractivity contribution is 0.939. The quantitative estimate of drug-likeness (QED) is 0.891. The number of rotatable bonds is 4. The van der Waals surface area contributed by atoms with Gasteiger partial charge < -0.3 is 5.32 Å². The maximum Gasteiger partial charge on any atom is 0.131 e. The molecule has 0 aliphatic heterocycles. The highest BCUT2D eigenvalue weighted by molar-refractivity contribution is 5.62. The molecule has 2 rings (SSSR count). The van der Waals surface area contributed by atoms with Crippen LogP contribution in [0.25, 0.3) is 11.3 Å². The van der Waals surface area contributed by atoms with Gasteiger partial charge in [0.25, 0.3) is 0 Å². The summed E-state index contributed by atoms with van der Waals surface area (Å²) < 4.78 is 0. The summed E-state index contributed by atoms with van der Waals surface area (Å²) in [5.74, 6) is 1.78. The highest BCUT2D eigenvalue weighted by Crippen LogP contribution is 2.20. The minimum absolute atomic E-state index is 0.845. The van der Waals surface area contributed by atoms with E-state index in [2.05, 4.69) is 60.3 Å². The predicted molar refractivity (Wildman–Crippen MR) is 75.7 cm³/mol. The number of nitrogens with zero attached hydrogens (tertiary/aromatic N) is 2. The first-order valence-corrected chi connectivity index (χ1v) is 6.41. The van der Waals surface area contributed by atoms with E-state index >= 15 is 0 Å². The first kappa shape index (κ1) is 12.6. The number of benzene rings is 1. The van der Waals surface area contributed by atoms with Crippen LogP contribution in [-0.2, 0) is 6.42 Å². The maximum absolute atomic E-state index is 4.58. The number of nitrogens with one attached hydrogen (secondary N) is 1. The molecule has 18 heavy (non-hydrogen) atoms. The lowest BCUT2D eigenvalue weighted by Gasteiger charge is -2.08. The molecule has 0 saturated carbocycles. The van der Waals surface area contributed by atoms with Crippen LogP contribution in [0.3, 0.4) is 0 Å². The molecule has 1 aromatic carbocycles. The van der Waals surface area contributed by atoms with Crippen LogP contribution in [0.4, 0.5) is 5.82 Å². The lowest BCUT2D eigenvalue weighted by atomic mass is 10.1. The molecule has 1 heterocycles. The zero-order valence-corrected chi connectivity index (χ0v) is 11.2. The van der Waals surface area contributed by atoms with E-state index in [4.69, 9.17) is 0 Å². The standard InChI is InChI=1S/C15H19N3/c1-4-14-17-13(10-15(18-14)16-5-2)12-8-6-11(3)7-9-12/h6-10H,4-5H2,1-3H3,(H,16,17,18). The van der Waals surface area contributed by atoms with Gasteiger partial charge in [0.1, 0.15) is 11.6 Å². The molecule has 0 unspecified atom stereocenters. The van der Waals surface area contributed by atoms with Gasteiger partial charge in [0.05, 0.1) is 5.69 Å². The average molecular weight is 241 g/mol. The third-order valence-corrected chi connectivity index (χ3v) is 2.79. The van der Waals surface area contributed by atoms with Crippen molar-refractivity contribution in [3.63, 3.8) is 0 Å². The van der Waals surface area contributed by atoms with Crippen molar-refractivity contribution in [3.8, 4) is 11.3 Å². The Labute approximate surface area is 108 Å². The molecule has 3 nitrogen and oxygen atoms in total. The number of aromatic nitrogens is 2. The highest BCUT2D eigenvalue weighted by Gasteiger charge is 2.05. The fraction of sp³-hybridized carbons (Fsp3) is 0.333. The van der Waals surface area contributed by atoms with Gasteiger partial charge in [0.15, 0.2) is 0 Å². The second-order valence-corrected chi connectivity index (χ2v) is 4.30. The van der Waals surface area contributed by atoms with Gasteiger partial charge in [-0.2, -0.15) is 0 Å². The second-order valence-electron chi connectivity index (χ2n) is 4.30. The summed E-state index contributed by atoms with van der Waals surface area (Å²) in [5.41, 5.74) is 3.38. The normalized spacial score (nSPS) is 10.4. The summed E-state index contributed by atoms with van der Waals surface area (Å²) in [4.78, 5) is 9.05. The van der Waals surface area contributed by atoms with Crippen LogP contribution in [0, 0.1) is 6.92 Å². The van der Waals surface area contributed by atoms with Crippen molar-refractivity contribution >= 4 is 5.82 Å². The van der Waals surface area contributed by atoms with Crippen LogP contribution in [0.1, 0.15) is 25.2 Å². The first-order valence-electron chi connectivity index (χ1n) is 6.41. The number of hydrogen-bond donors (Lipinski definition) is 1. The van der Waals surface area contributed by atoms with Gasteiger partial charge in [-0.25, -0.2) is 9.97 Å². The molecule has 0 bridgehead atoms. The Balaban J connectivity index is 2.42. The summed E-state index contributed by atoms with van der Waals surface area (Å²) in [6.45, 7) is 7.10. The van der Waals surface area contributed by atoms with Crippen molar-refractivity contribution in [1.82, 2.24) is 9.97 Å². The Morgan fingerprint density at radius 1 is 1.06 bits per heavy atom. The van der Waals surface area contributed by atoms with E-state index in [9.17, 15) is 0 Å². The Morgan fingerprint density at radius 2 is 1.78 bits per heavy atom. The van der Waals surface area contributed by atoms with Crippen LogP contribution < -0.4 is 5.32 Å². The molecule has 0 atom stereocenters. The van der Waals surface area contributed by atoms with Crippen molar-refractivity contribution in [3.05, 3.63) is 41.7 Å². The Hall–Kier alpha value is -1.90. The van der Waals surface area contributed by atoms with E-state index in [1.807, 2.05) is 6.07 Å². The van der Waals surface area contributed by atoms with Crippen LogP contribution in [0.2, 0.25) is 0 Å². The Morgan fingerprint density at radius 3 is 2.39 bits per heavy atom. The highest BCUT2D eigenvalue weighted by atomic mass is 15.0. The molecule has 0 fully saturated rings. The van der Waals surface area contributed by atoms with E-state index in [0.29, 0.717) is 0 Å². The molecule has 2 aromatic rings. The van der Waals surface area contributed by atoms with Crippen molar-refractivity contribution < 1.29 is 0 Å². The molecule has 0 spiro atoms. The molecule has 0 saturated heterocycles. The van der Waals surface area contributed by atoms with Crippen LogP contribution in [0.5, 0.6) is 0 Å². The third kappa shape index (κ3) is 2.86. The molecule has 1 aromatic heterocycles. The smallest absolute Gasteiger partial charge is 0.131 e. The van der Waals surface area contributed by atoms with Gasteiger partial charge >= 0.3 is 0 Å². The predicted octanol–water partition coefficient (Wildman–Crippen LogP) is 3.45. The Kier molecular flexibility index (Phi) is 3.92. The maximum atomic E-state index is 4.58. The SMILES string of the molecule is CCNc1cc(-c2ccc(C)cc2)nc(CC)n1. The van der Waals surface area contributed by atoms with Crippen molar-refractivity contribution in [2.24, 2.45) is 0 Å². The minimum Gasteiger partial charge on any atom is -0.370 e. The molecule has 0 aliphatic rings. The van der Waals surface area contributed by atoms with E-state index in [0.717, 1.165) is 35.9 Å². The summed E-state index contributed by atoms with van der Waals surface area (Å²) >= 11 is 0. The van der Waals surface area contributed by atoms with E-state index in [1.165, 1.54) is 5.56 Å². The zero-order chi connectivity index (χ0) is 13.0. The average Bonchev–Trinajstić information content (AvgIpc) is 2.39. The summed E-state index contributed by atoms with van der Waals surface area (Å²) in [5, 5.41) is 3.25. The molecule has 1 N–H and O–H groups in total. The van der Waals surface area contributed by atoms with E-state index in [1.54, 1.807) is 0 Å². The van der Waals surface area contributed by atoms with Crippen LogP contribution >= 0.6 is 0 Å². The molecule has 0 aliphatic carbocycles. The Bertz CT molecular complexity index is 518. The van der Waals surface area contributed by atoms with Crippen molar-refractivity contribution in [2.45, 2.75) is 27.2 Å². The monoisotopic (exact) mass is 241 g/mol. The summed E-state index contributed by atoms with van der Waals surface area (Å²) in [6.07, 6.45) is 0.845. The molecule has 0 amide bonds. The zero-order valence-electron chi connectivity index (χ0n) is 11.2. The summed E-state index contributed by atoms with van der Waals surface area (Å²) in [6, 6.07) is 10.4. The van der Waals surface area contributed by atoms with Gasteiger partial charge in [0, 0.05) is 24.6 Å². The lowest BCUT2D eigenvalue weighted by Crippen LogP contribution is -2.04. The van der Waals surface area contributed by atoms with E-state index < -0.39 is 0 Å². The molecule has 3 heteroatoms. The molecule has 94 valence electrons. The van der Waals surface area contributed by atoms with Gasteiger partial charge in [-0.1, -0.05) is 36.8 Å². The molecule has 0 radical (unpaired) electrons. The fourth-order valence-electron chi connectivity index (χ4n) is 1.80. The van der Waals surface area contributed by atoms with Crippen molar-refractivity contribution in [1.29, 1.82) is 0 Å². The van der Waals surface area contributed by atoms with Crippen molar-refractivity contribution in [2.75, 3.05) is 11.9 Å². The van der Waals surface area contributed by atoms with Crippen LogP contribution in [-0.4, -0.2) is 16.5 Å². The van der Waals surface area contributed by atoms with Crippen LogP contribution in [0.15, 0.2) is 30.3 Å². The fourth-order valence-corrected chi connectivity index (χ4v) is 1.80. The molecular formula is C15H19N3. The van der Waals surface area contributed by atoms with Gasteiger partial charge in [-0.3, -0.25) is 0 Å². The van der Waals surface area contributed by atoms with Gasteiger partial charge in [-0.05, 0) is 13.8 Å². The number of hydrogen-bond acceptors (Lipinski definition) is 3. The van der Waals surface area contributed by atoms with E-state index in [-0.39, 0.29) is 0 Å². The topological polar surface area (TPSA) is 37.8 Å². The van der Waals surface area contributed by atoms with Gasteiger partial charge in [0.2, 0.25) is 0 Å². The minimum atomic E-state index is 0.845. The van der Waals surface area contributed by atoms with Gasteiger partial charge in [-0.15, -0.1) is 0 Å². The second kappa shape index (κ2) is 5.63.